The molecule has 0 aliphatic carbocycles. The molecule has 102 valence electrons. The second-order valence-electron chi connectivity index (χ2n) is 4.07. The molecule has 0 N–H and O–H groups in total. The molecular formula is C12H10F3NO2S. The van der Waals surface area contributed by atoms with E-state index in [-0.39, 0.29) is 11.4 Å². The van der Waals surface area contributed by atoms with Gasteiger partial charge in [-0.05, 0) is 25.1 Å². The predicted molar refractivity (Wildman–Crippen MR) is 65.9 cm³/mol. The van der Waals surface area contributed by atoms with Crippen LogP contribution >= 0.6 is 11.8 Å². The van der Waals surface area contributed by atoms with Gasteiger partial charge in [0.25, 0.3) is 0 Å². The van der Waals surface area contributed by atoms with Crippen LogP contribution in [0.5, 0.6) is 0 Å². The number of anilines is 1. The Morgan fingerprint density at radius 1 is 1.32 bits per heavy atom. The van der Waals surface area contributed by atoms with Crippen molar-refractivity contribution < 1.29 is 22.8 Å². The number of carbonyl (C=O) groups excluding carboxylic acids is 2. The van der Waals surface area contributed by atoms with Crippen molar-refractivity contribution in [2.45, 2.75) is 18.3 Å². The fraction of sp³-hybridized carbons (Fsp3) is 0.333. The van der Waals surface area contributed by atoms with E-state index < -0.39 is 28.8 Å². The molecule has 2 rings (SSSR count). The molecule has 1 atom stereocenters. The summed E-state index contributed by atoms with van der Waals surface area (Å²) in [4.78, 5) is 24.4. The molecule has 0 unspecified atom stereocenters. The number of carbonyl (C=O) groups is 2. The number of imide groups is 1. The van der Waals surface area contributed by atoms with Gasteiger partial charge in [0.05, 0.1) is 22.3 Å². The van der Waals surface area contributed by atoms with Crippen molar-refractivity contribution in [3.63, 3.8) is 0 Å². The molecule has 0 saturated carbocycles. The Labute approximate surface area is 111 Å². The summed E-state index contributed by atoms with van der Waals surface area (Å²) in [6, 6.07) is 4.23. The summed E-state index contributed by atoms with van der Waals surface area (Å²) in [5.41, 5.74) is -0.909. The van der Waals surface area contributed by atoms with Crippen LogP contribution in [0.25, 0.3) is 0 Å². The molecule has 1 heterocycles. The molecule has 1 saturated heterocycles. The van der Waals surface area contributed by atoms with Crippen molar-refractivity contribution >= 4 is 29.3 Å². The van der Waals surface area contributed by atoms with Gasteiger partial charge in [0.2, 0.25) is 11.8 Å². The van der Waals surface area contributed by atoms with E-state index in [2.05, 4.69) is 0 Å². The second-order valence-corrected chi connectivity index (χ2v) is 5.40. The van der Waals surface area contributed by atoms with E-state index in [9.17, 15) is 22.8 Å². The van der Waals surface area contributed by atoms with Crippen LogP contribution in [0.4, 0.5) is 18.9 Å². The Morgan fingerprint density at radius 2 is 2.00 bits per heavy atom. The molecule has 1 aliphatic heterocycles. The summed E-state index contributed by atoms with van der Waals surface area (Å²) in [5, 5.41) is -0.438. The van der Waals surface area contributed by atoms with Gasteiger partial charge in [0.1, 0.15) is 0 Å². The van der Waals surface area contributed by atoms with Crippen LogP contribution in [0.2, 0.25) is 0 Å². The van der Waals surface area contributed by atoms with E-state index in [0.717, 1.165) is 17.0 Å². The van der Waals surface area contributed by atoms with E-state index in [4.69, 9.17) is 0 Å². The number of halogens is 3. The Hall–Kier alpha value is -1.50. The molecule has 0 radical (unpaired) electrons. The summed E-state index contributed by atoms with van der Waals surface area (Å²) < 4.78 is 37.8. The van der Waals surface area contributed by atoms with Crippen LogP contribution in [-0.2, 0) is 15.8 Å². The van der Waals surface area contributed by atoms with Crippen molar-refractivity contribution in [1.29, 1.82) is 0 Å². The summed E-state index contributed by atoms with van der Waals surface area (Å²) >= 11 is 1.18. The Kier molecular flexibility index (Phi) is 3.58. The molecule has 1 aromatic rings. The molecule has 1 aromatic carbocycles. The van der Waals surface area contributed by atoms with Crippen LogP contribution in [-0.4, -0.2) is 22.8 Å². The average Bonchev–Trinajstić information content (AvgIpc) is 2.34. The topological polar surface area (TPSA) is 37.4 Å². The first-order valence-corrected chi connectivity index (χ1v) is 6.51. The van der Waals surface area contributed by atoms with Crippen molar-refractivity contribution in [1.82, 2.24) is 0 Å². The number of thioether (sulfide) groups is 1. The Balaban J connectivity index is 2.40. The second kappa shape index (κ2) is 4.88. The van der Waals surface area contributed by atoms with Crippen LogP contribution in [0, 0.1) is 0 Å². The molecule has 2 amide bonds. The SMILES string of the molecule is C[C@@H]1SCC(=O)N(c2cccc(C(F)(F)F)c2)C1=O. The van der Waals surface area contributed by atoms with E-state index in [0.29, 0.717) is 0 Å². The smallest absolute Gasteiger partial charge is 0.273 e. The third kappa shape index (κ3) is 2.75. The highest BCUT2D eigenvalue weighted by Crippen LogP contribution is 2.33. The highest BCUT2D eigenvalue weighted by Gasteiger charge is 2.35. The van der Waals surface area contributed by atoms with Crippen molar-refractivity contribution in [3.05, 3.63) is 29.8 Å². The summed E-state index contributed by atoms with van der Waals surface area (Å²) in [7, 11) is 0. The van der Waals surface area contributed by atoms with Crippen molar-refractivity contribution in [2.75, 3.05) is 10.7 Å². The van der Waals surface area contributed by atoms with Gasteiger partial charge in [0, 0.05) is 0 Å². The number of hydrogen-bond acceptors (Lipinski definition) is 3. The maximum atomic E-state index is 12.6. The third-order valence-corrected chi connectivity index (χ3v) is 3.82. The zero-order valence-corrected chi connectivity index (χ0v) is 10.7. The minimum atomic E-state index is -4.50. The molecule has 3 nitrogen and oxygen atoms in total. The first-order valence-electron chi connectivity index (χ1n) is 5.46. The molecule has 19 heavy (non-hydrogen) atoms. The van der Waals surface area contributed by atoms with Gasteiger partial charge in [0.15, 0.2) is 0 Å². The number of nitrogens with zero attached hydrogens (tertiary/aromatic N) is 1. The molecule has 1 aliphatic rings. The normalized spacial score (nSPS) is 20.8. The lowest BCUT2D eigenvalue weighted by Gasteiger charge is -2.28. The number of rotatable bonds is 1. The number of benzene rings is 1. The van der Waals surface area contributed by atoms with Crippen molar-refractivity contribution in [3.8, 4) is 0 Å². The van der Waals surface area contributed by atoms with E-state index in [1.54, 1.807) is 6.92 Å². The van der Waals surface area contributed by atoms with Gasteiger partial charge in [-0.3, -0.25) is 9.59 Å². The van der Waals surface area contributed by atoms with Crippen LogP contribution < -0.4 is 4.90 Å². The first kappa shape index (κ1) is 13.9. The van der Waals surface area contributed by atoms with Gasteiger partial charge >= 0.3 is 6.18 Å². The maximum absolute atomic E-state index is 12.6. The lowest BCUT2D eigenvalue weighted by molar-refractivity contribution is -0.137. The molecule has 1 fully saturated rings. The minimum absolute atomic E-state index is 0.0306. The lowest BCUT2D eigenvalue weighted by Crippen LogP contribution is -2.46. The highest BCUT2D eigenvalue weighted by molar-refractivity contribution is 8.01. The fourth-order valence-electron chi connectivity index (χ4n) is 1.73. The van der Waals surface area contributed by atoms with Crippen LogP contribution in [0.15, 0.2) is 24.3 Å². The summed E-state index contributed by atoms with van der Waals surface area (Å²) in [5.74, 6) is -0.892. The minimum Gasteiger partial charge on any atom is -0.273 e. The number of alkyl halides is 3. The zero-order valence-electron chi connectivity index (χ0n) is 9.90. The quantitative estimate of drug-likeness (QED) is 0.746. The van der Waals surface area contributed by atoms with Gasteiger partial charge in [-0.25, -0.2) is 4.90 Å². The summed E-state index contributed by atoms with van der Waals surface area (Å²) in [6.07, 6.45) is -4.50. The van der Waals surface area contributed by atoms with Crippen LogP contribution in [0.1, 0.15) is 12.5 Å². The third-order valence-electron chi connectivity index (χ3n) is 2.71. The van der Waals surface area contributed by atoms with Gasteiger partial charge in [-0.1, -0.05) is 6.07 Å². The molecule has 7 heteroatoms. The highest BCUT2D eigenvalue weighted by atomic mass is 32.2. The maximum Gasteiger partial charge on any atom is 0.416 e. The average molecular weight is 289 g/mol. The zero-order chi connectivity index (χ0) is 14.2. The molecule has 0 spiro atoms. The van der Waals surface area contributed by atoms with Gasteiger partial charge < -0.3 is 0 Å². The molecule has 0 bridgehead atoms. The summed E-state index contributed by atoms with van der Waals surface area (Å²) in [6.45, 7) is 1.63. The fourth-order valence-corrected chi connectivity index (χ4v) is 2.50. The van der Waals surface area contributed by atoms with Gasteiger partial charge in [-0.15, -0.1) is 11.8 Å². The van der Waals surface area contributed by atoms with Crippen molar-refractivity contribution in [2.24, 2.45) is 0 Å². The van der Waals surface area contributed by atoms with Crippen LogP contribution in [0.3, 0.4) is 0 Å². The lowest BCUT2D eigenvalue weighted by atomic mass is 10.1. The number of amides is 2. The monoisotopic (exact) mass is 289 g/mol. The van der Waals surface area contributed by atoms with E-state index >= 15 is 0 Å². The Bertz CT molecular complexity index is 530. The first-order chi connectivity index (χ1) is 8.80. The molecule has 0 aromatic heterocycles. The molecular weight excluding hydrogens is 279 g/mol. The predicted octanol–water partition coefficient (Wildman–Crippen LogP) is 2.70. The Morgan fingerprint density at radius 3 is 2.63 bits per heavy atom. The standard InChI is InChI=1S/C12H10F3NO2S/c1-7-11(18)16(10(17)6-19-7)9-4-2-3-8(5-9)12(13,14)15/h2-5,7H,6H2,1H3/t7-/m0/s1. The van der Waals surface area contributed by atoms with Gasteiger partial charge in [-0.2, -0.15) is 13.2 Å². The van der Waals surface area contributed by atoms with E-state index in [1.165, 1.54) is 23.9 Å². The van der Waals surface area contributed by atoms with E-state index in [1.807, 2.05) is 0 Å². The largest absolute Gasteiger partial charge is 0.416 e. The number of hydrogen-bond donors (Lipinski definition) is 0.